The second-order valence-corrected chi connectivity index (χ2v) is 7.47. The Hall–Kier alpha value is -1.85. The molecule has 134 valence electrons. The van der Waals surface area contributed by atoms with Crippen molar-refractivity contribution >= 4 is 17.3 Å². The summed E-state index contributed by atoms with van der Waals surface area (Å²) in [6.07, 6.45) is 3.10. The highest BCUT2D eigenvalue weighted by atomic mass is 32.1. The molecule has 3 rings (SSSR count). The van der Waals surface area contributed by atoms with E-state index in [0.29, 0.717) is 0 Å². The molecule has 0 bridgehead atoms. The maximum atomic E-state index is 5.61. The van der Waals surface area contributed by atoms with Crippen LogP contribution in [0.1, 0.15) is 23.3 Å². The number of aliphatic imine (C=N–C) groups is 1. The van der Waals surface area contributed by atoms with Gasteiger partial charge in [-0.25, -0.2) is 0 Å². The van der Waals surface area contributed by atoms with Crippen LogP contribution in [0.3, 0.4) is 0 Å². The lowest BCUT2D eigenvalue weighted by molar-refractivity contribution is 0.0514. The van der Waals surface area contributed by atoms with E-state index in [0.717, 1.165) is 51.5 Å². The third-order valence-electron chi connectivity index (χ3n) is 4.90. The Balaban J connectivity index is 1.58. The topological polar surface area (TPSA) is 45.7 Å². The van der Waals surface area contributed by atoms with Crippen LogP contribution < -0.4 is 10.6 Å². The van der Waals surface area contributed by atoms with Crippen molar-refractivity contribution in [1.82, 2.24) is 10.6 Å². The number of nitrogens with zero attached hydrogens (tertiary/aromatic N) is 1. The van der Waals surface area contributed by atoms with Gasteiger partial charge in [0.05, 0.1) is 0 Å². The van der Waals surface area contributed by atoms with Crippen molar-refractivity contribution in [2.75, 3.05) is 33.4 Å². The number of nitrogens with one attached hydrogen (secondary N) is 2. The lowest BCUT2D eigenvalue weighted by Gasteiger charge is -2.38. The summed E-state index contributed by atoms with van der Waals surface area (Å²) in [5.41, 5.74) is 1.50. The average Bonchev–Trinajstić information content (AvgIpc) is 3.19. The third-order valence-corrected chi connectivity index (χ3v) is 5.83. The summed E-state index contributed by atoms with van der Waals surface area (Å²) >= 11 is 1.80. The molecule has 1 aliphatic rings. The van der Waals surface area contributed by atoms with Gasteiger partial charge in [-0.05, 0) is 36.3 Å². The molecule has 1 aromatic carbocycles. The second-order valence-electron chi connectivity index (χ2n) is 6.44. The SMILES string of the molecule is CN=C(NCCc1cccs1)NCC1(c2ccccc2)CCOCC1. The van der Waals surface area contributed by atoms with E-state index in [1.54, 1.807) is 11.3 Å². The predicted molar refractivity (Wildman–Crippen MR) is 106 cm³/mol. The van der Waals surface area contributed by atoms with Crippen molar-refractivity contribution in [3.8, 4) is 0 Å². The second kappa shape index (κ2) is 9.02. The zero-order chi connectivity index (χ0) is 17.4. The molecule has 2 aromatic rings. The Kier molecular flexibility index (Phi) is 6.48. The fourth-order valence-corrected chi connectivity index (χ4v) is 4.06. The molecule has 0 spiro atoms. The van der Waals surface area contributed by atoms with Gasteiger partial charge in [-0.2, -0.15) is 0 Å². The van der Waals surface area contributed by atoms with Crippen molar-refractivity contribution in [1.29, 1.82) is 0 Å². The van der Waals surface area contributed by atoms with Crippen LogP contribution in [-0.4, -0.2) is 39.3 Å². The number of hydrogen-bond donors (Lipinski definition) is 2. The van der Waals surface area contributed by atoms with Crippen LogP contribution in [0.2, 0.25) is 0 Å². The Morgan fingerprint density at radius 2 is 1.92 bits per heavy atom. The Labute approximate surface area is 154 Å². The first-order valence-corrected chi connectivity index (χ1v) is 9.80. The number of ether oxygens (including phenoxy) is 1. The molecule has 0 atom stereocenters. The minimum atomic E-state index is 0.116. The number of guanidine groups is 1. The summed E-state index contributed by atoms with van der Waals surface area (Å²) in [6, 6.07) is 15.1. The zero-order valence-corrected chi connectivity index (χ0v) is 15.6. The highest BCUT2D eigenvalue weighted by Crippen LogP contribution is 2.34. The van der Waals surface area contributed by atoms with E-state index in [4.69, 9.17) is 4.74 Å². The van der Waals surface area contributed by atoms with Gasteiger partial charge in [0.25, 0.3) is 0 Å². The summed E-state index contributed by atoms with van der Waals surface area (Å²) in [5, 5.41) is 9.10. The molecular weight excluding hydrogens is 330 g/mol. The largest absolute Gasteiger partial charge is 0.381 e. The Morgan fingerprint density at radius 3 is 2.60 bits per heavy atom. The fourth-order valence-electron chi connectivity index (χ4n) is 3.35. The molecule has 0 saturated carbocycles. The summed E-state index contributed by atoms with van der Waals surface area (Å²) < 4.78 is 5.61. The van der Waals surface area contributed by atoms with Gasteiger partial charge in [0, 0.05) is 43.6 Å². The molecule has 0 radical (unpaired) electrons. The van der Waals surface area contributed by atoms with Gasteiger partial charge >= 0.3 is 0 Å². The molecule has 0 amide bonds. The molecule has 0 aliphatic carbocycles. The van der Waals surface area contributed by atoms with E-state index >= 15 is 0 Å². The predicted octanol–water partition coefficient (Wildman–Crippen LogP) is 3.20. The van der Waals surface area contributed by atoms with Crippen molar-refractivity contribution in [2.45, 2.75) is 24.7 Å². The highest BCUT2D eigenvalue weighted by molar-refractivity contribution is 7.09. The van der Waals surface area contributed by atoms with Gasteiger partial charge < -0.3 is 15.4 Å². The number of benzene rings is 1. The lowest BCUT2D eigenvalue weighted by atomic mass is 9.74. The molecule has 2 N–H and O–H groups in total. The first-order chi connectivity index (χ1) is 12.3. The van der Waals surface area contributed by atoms with Crippen LogP contribution in [0.5, 0.6) is 0 Å². The van der Waals surface area contributed by atoms with Crippen LogP contribution >= 0.6 is 11.3 Å². The minimum absolute atomic E-state index is 0.116. The molecular formula is C20H27N3OS. The summed E-state index contributed by atoms with van der Waals surface area (Å²) in [4.78, 5) is 5.78. The van der Waals surface area contributed by atoms with Crippen LogP contribution in [0.4, 0.5) is 0 Å². The van der Waals surface area contributed by atoms with E-state index < -0.39 is 0 Å². The highest BCUT2D eigenvalue weighted by Gasteiger charge is 2.34. The van der Waals surface area contributed by atoms with Crippen LogP contribution in [0, 0.1) is 0 Å². The van der Waals surface area contributed by atoms with Crippen molar-refractivity contribution in [3.05, 3.63) is 58.3 Å². The molecule has 1 saturated heterocycles. The van der Waals surface area contributed by atoms with Crippen LogP contribution in [-0.2, 0) is 16.6 Å². The molecule has 1 aromatic heterocycles. The summed E-state index contributed by atoms with van der Waals surface area (Å²) in [7, 11) is 1.83. The van der Waals surface area contributed by atoms with Crippen LogP contribution in [0.25, 0.3) is 0 Å². The van der Waals surface area contributed by atoms with Gasteiger partial charge in [-0.15, -0.1) is 11.3 Å². The quantitative estimate of drug-likeness (QED) is 0.616. The first kappa shape index (κ1) is 18.0. The molecule has 25 heavy (non-hydrogen) atoms. The molecule has 0 unspecified atom stereocenters. The van der Waals surface area contributed by atoms with E-state index in [1.807, 2.05) is 7.05 Å². The third kappa shape index (κ3) is 4.83. The monoisotopic (exact) mass is 357 g/mol. The normalized spacial score (nSPS) is 17.2. The first-order valence-electron chi connectivity index (χ1n) is 8.93. The fraction of sp³-hybridized carbons (Fsp3) is 0.450. The molecule has 5 heteroatoms. The molecule has 1 fully saturated rings. The maximum Gasteiger partial charge on any atom is 0.191 e. The maximum absolute atomic E-state index is 5.61. The lowest BCUT2D eigenvalue weighted by Crippen LogP contribution is -2.48. The Morgan fingerprint density at radius 1 is 1.12 bits per heavy atom. The standard InChI is InChI=1S/C20H27N3OS/c1-21-19(22-12-9-18-8-5-15-25-18)23-16-20(10-13-24-14-11-20)17-6-3-2-4-7-17/h2-8,15H,9-14,16H2,1H3,(H2,21,22,23). The van der Waals surface area contributed by atoms with E-state index in [1.165, 1.54) is 10.4 Å². The van der Waals surface area contributed by atoms with Gasteiger partial charge in [-0.1, -0.05) is 36.4 Å². The van der Waals surface area contributed by atoms with E-state index in [9.17, 15) is 0 Å². The molecule has 4 nitrogen and oxygen atoms in total. The smallest absolute Gasteiger partial charge is 0.191 e. The Bertz CT molecular complexity index is 649. The van der Waals surface area contributed by atoms with E-state index in [-0.39, 0.29) is 5.41 Å². The number of thiophene rings is 1. The summed E-state index contributed by atoms with van der Waals surface area (Å²) in [5.74, 6) is 0.873. The van der Waals surface area contributed by atoms with Crippen molar-refractivity contribution in [3.63, 3.8) is 0 Å². The van der Waals surface area contributed by atoms with Crippen LogP contribution in [0.15, 0.2) is 52.8 Å². The van der Waals surface area contributed by atoms with Gasteiger partial charge in [0.15, 0.2) is 5.96 Å². The van der Waals surface area contributed by atoms with Crippen molar-refractivity contribution < 1.29 is 4.74 Å². The van der Waals surface area contributed by atoms with Gasteiger partial charge in [0.2, 0.25) is 0 Å². The number of rotatable bonds is 6. The zero-order valence-electron chi connectivity index (χ0n) is 14.8. The average molecular weight is 358 g/mol. The molecule has 2 heterocycles. The summed E-state index contributed by atoms with van der Waals surface area (Å²) in [6.45, 7) is 3.41. The number of hydrogen-bond acceptors (Lipinski definition) is 3. The minimum Gasteiger partial charge on any atom is -0.381 e. The van der Waals surface area contributed by atoms with Gasteiger partial charge in [-0.3, -0.25) is 4.99 Å². The van der Waals surface area contributed by atoms with E-state index in [2.05, 4.69) is 63.5 Å². The van der Waals surface area contributed by atoms with Gasteiger partial charge in [0.1, 0.15) is 0 Å². The van der Waals surface area contributed by atoms with Crippen molar-refractivity contribution in [2.24, 2.45) is 4.99 Å². The molecule has 1 aliphatic heterocycles.